The highest BCUT2D eigenvalue weighted by atomic mass is 35.5. The Morgan fingerprint density at radius 3 is 2.08 bits per heavy atom. The van der Waals surface area contributed by atoms with E-state index in [-0.39, 0.29) is 12.4 Å². The summed E-state index contributed by atoms with van der Waals surface area (Å²) in [4.78, 5) is 0. The summed E-state index contributed by atoms with van der Waals surface area (Å²) >= 11 is 5.75. The highest BCUT2D eigenvalue weighted by molar-refractivity contribution is 7.94. The Labute approximate surface area is 88.1 Å². The molecule has 0 heterocycles. The molecule has 0 saturated heterocycles. The average molecular weight is 223 g/mol. The predicted molar refractivity (Wildman–Crippen MR) is 54.4 cm³/mol. The van der Waals surface area contributed by atoms with Gasteiger partial charge in [-0.2, -0.15) is 0 Å². The van der Waals surface area contributed by atoms with E-state index < -0.39 is 0 Å². The maximum Gasteiger partial charge on any atom is 0.132 e. The molecule has 1 aromatic rings. The lowest BCUT2D eigenvalue weighted by Crippen LogP contribution is -3.00. The molecule has 0 unspecified atom stereocenters. The minimum atomic E-state index is 0. The van der Waals surface area contributed by atoms with Crippen LogP contribution in [0.15, 0.2) is 24.3 Å². The summed E-state index contributed by atoms with van der Waals surface area (Å²) in [5.41, 5.74) is 1.38. The van der Waals surface area contributed by atoms with Crippen LogP contribution in [0.3, 0.4) is 0 Å². The number of hydrogen-bond acceptors (Lipinski definition) is 0. The molecule has 3 heteroatoms. The number of halogens is 2. The fourth-order valence-corrected chi connectivity index (χ4v) is 1.90. The molecule has 0 saturated carbocycles. The Bertz CT molecular complexity index is 218. The Balaban J connectivity index is 0.00000121. The third-order valence-corrected chi connectivity index (χ3v) is 2.53. The monoisotopic (exact) mass is 222 g/mol. The van der Waals surface area contributed by atoms with Crippen LogP contribution in [0.25, 0.3) is 0 Å². The van der Waals surface area contributed by atoms with Crippen molar-refractivity contribution in [2.24, 2.45) is 0 Å². The molecule has 0 aliphatic carbocycles. The molecule has 0 fully saturated rings. The maximum atomic E-state index is 5.75. The molecule has 0 aliphatic heterocycles. The lowest BCUT2D eigenvalue weighted by Gasteiger charge is -1.97. The van der Waals surface area contributed by atoms with Gasteiger partial charge in [0.15, 0.2) is 0 Å². The van der Waals surface area contributed by atoms with Gasteiger partial charge in [-0.1, -0.05) is 23.7 Å². The normalized spacial score (nSPS) is 9.67. The summed E-state index contributed by atoms with van der Waals surface area (Å²) in [6, 6.07) is 8.08. The van der Waals surface area contributed by atoms with Gasteiger partial charge in [-0.3, -0.25) is 0 Å². The second-order valence-corrected chi connectivity index (χ2v) is 5.45. The first kappa shape index (κ1) is 12.2. The van der Waals surface area contributed by atoms with Gasteiger partial charge >= 0.3 is 0 Å². The summed E-state index contributed by atoms with van der Waals surface area (Å²) in [5.74, 6) is 1.16. The highest BCUT2D eigenvalue weighted by Crippen LogP contribution is 2.11. The molecule has 0 atom stereocenters. The lowest BCUT2D eigenvalue weighted by molar-refractivity contribution is -0.00000233. The van der Waals surface area contributed by atoms with Crippen molar-refractivity contribution in [1.82, 2.24) is 0 Å². The third kappa shape index (κ3) is 4.24. The van der Waals surface area contributed by atoms with Crippen LogP contribution in [0, 0.1) is 0 Å². The Morgan fingerprint density at radius 2 is 1.67 bits per heavy atom. The fraction of sp³-hybridized carbons (Fsp3) is 0.333. The zero-order chi connectivity index (χ0) is 8.27. The van der Waals surface area contributed by atoms with Gasteiger partial charge in [0.25, 0.3) is 0 Å². The van der Waals surface area contributed by atoms with Gasteiger partial charge in [-0.25, -0.2) is 0 Å². The molecule has 0 spiro atoms. The third-order valence-electron chi connectivity index (χ3n) is 1.37. The number of rotatable bonds is 2. The second kappa shape index (κ2) is 5.74. The lowest BCUT2D eigenvalue weighted by atomic mass is 10.2. The van der Waals surface area contributed by atoms with Gasteiger partial charge in [-0.05, 0) is 23.0 Å². The number of hydrogen-bond donors (Lipinski definition) is 0. The van der Waals surface area contributed by atoms with Crippen LogP contribution in [-0.2, 0) is 16.6 Å². The fourth-order valence-electron chi connectivity index (χ4n) is 0.914. The van der Waals surface area contributed by atoms with Crippen LogP contribution in [0.4, 0.5) is 0 Å². The quantitative estimate of drug-likeness (QED) is 0.605. The average Bonchev–Trinajstić information content (AvgIpc) is 1.93. The van der Waals surface area contributed by atoms with Crippen LogP contribution >= 0.6 is 11.6 Å². The summed E-state index contributed by atoms with van der Waals surface area (Å²) in [6.45, 7) is 0. The molecule has 0 N–H and O–H groups in total. The topological polar surface area (TPSA) is 0 Å². The minimum Gasteiger partial charge on any atom is -1.00 e. The molecule has 0 bridgehead atoms. The van der Waals surface area contributed by atoms with E-state index in [9.17, 15) is 0 Å². The van der Waals surface area contributed by atoms with E-state index in [2.05, 4.69) is 24.6 Å². The SMILES string of the molecule is C[S+](C)Cc1ccc(Cl)cc1.[Cl-]. The first-order chi connectivity index (χ1) is 5.18. The molecule has 0 nitrogen and oxygen atoms in total. The van der Waals surface area contributed by atoms with Crippen molar-refractivity contribution in [2.75, 3.05) is 12.5 Å². The molecular weight excluding hydrogens is 211 g/mol. The molecule has 0 aliphatic rings. The predicted octanol–water partition coefficient (Wildman–Crippen LogP) is -0.278. The van der Waals surface area contributed by atoms with E-state index in [0.717, 1.165) is 10.8 Å². The molecule has 0 aromatic heterocycles. The first-order valence-electron chi connectivity index (χ1n) is 3.47. The van der Waals surface area contributed by atoms with Gasteiger partial charge in [0.2, 0.25) is 0 Å². The maximum absolute atomic E-state index is 5.75. The van der Waals surface area contributed by atoms with Gasteiger partial charge in [0.1, 0.15) is 5.75 Å². The standard InChI is InChI=1S/C9H12ClS.ClH/c1-11(2)7-8-3-5-9(10)6-4-8;/h3-6H,7H2,1-2H3;1H/q+1;/p-1. The summed E-state index contributed by atoms with van der Waals surface area (Å²) in [5, 5.41) is 0.820. The summed E-state index contributed by atoms with van der Waals surface area (Å²) in [7, 11) is 0.484. The van der Waals surface area contributed by atoms with Gasteiger partial charge in [0, 0.05) is 10.6 Å². The van der Waals surface area contributed by atoms with Gasteiger partial charge < -0.3 is 12.4 Å². The molecule has 68 valence electrons. The Hall–Kier alpha value is 0.150. The zero-order valence-corrected chi connectivity index (χ0v) is 9.51. The zero-order valence-electron chi connectivity index (χ0n) is 7.18. The molecule has 0 amide bonds. The molecular formula is C9H12Cl2S. The molecule has 1 rings (SSSR count). The van der Waals surface area contributed by atoms with Crippen molar-refractivity contribution < 1.29 is 12.4 Å². The van der Waals surface area contributed by atoms with E-state index in [0.29, 0.717) is 10.9 Å². The molecule has 1 aromatic carbocycles. The van der Waals surface area contributed by atoms with Crippen molar-refractivity contribution in [3.05, 3.63) is 34.9 Å². The van der Waals surface area contributed by atoms with Crippen LogP contribution in [0.5, 0.6) is 0 Å². The van der Waals surface area contributed by atoms with Crippen molar-refractivity contribution in [3.8, 4) is 0 Å². The van der Waals surface area contributed by atoms with Crippen LogP contribution in [0.2, 0.25) is 5.02 Å². The highest BCUT2D eigenvalue weighted by Gasteiger charge is 2.03. The minimum absolute atomic E-state index is 0. The van der Waals surface area contributed by atoms with Crippen molar-refractivity contribution in [1.29, 1.82) is 0 Å². The first-order valence-corrected chi connectivity index (χ1v) is 6.06. The summed E-state index contributed by atoms with van der Waals surface area (Å²) < 4.78 is 0. The van der Waals surface area contributed by atoms with Crippen molar-refractivity contribution in [2.45, 2.75) is 5.75 Å². The van der Waals surface area contributed by atoms with Crippen LogP contribution in [-0.4, -0.2) is 12.5 Å². The van der Waals surface area contributed by atoms with Crippen molar-refractivity contribution >= 4 is 22.5 Å². The van der Waals surface area contributed by atoms with E-state index >= 15 is 0 Å². The van der Waals surface area contributed by atoms with E-state index in [1.807, 2.05) is 12.1 Å². The van der Waals surface area contributed by atoms with Crippen LogP contribution < -0.4 is 12.4 Å². The second-order valence-electron chi connectivity index (χ2n) is 2.76. The Morgan fingerprint density at radius 1 is 1.17 bits per heavy atom. The summed E-state index contributed by atoms with van der Waals surface area (Å²) in [6.07, 6.45) is 4.49. The van der Waals surface area contributed by atoms with E-state index in [4.69, 9.17) is 11.6 Å². The van der Waals surface area contributed by atoms with E-state index in [1.165, 1.54) is 5.56 Å². The smallest absolute Gasteiger partial charge is 0.132 e. The van der Waals surface area contributed by atoms with Crippen molar-refractivity contribution in [3.63, 3.8) is 0 Å². The van der Waals surface area contributed by atoms with Gasteiger partial charge in [-0.15, -0.1) is 0 Å². The van der Waals surface area contributed by atoms with Gasteiger partial charge in [0.05, 0.1) is 12.5 Å². The largest absolute Gasteiger partial charge is 1.00 e. The Kier molecular flexibility index (Phi) is 5.81. The molecule has 12 heavy (non-hydrogen) atoms. The molecule has 0 radical (unpaired) electrons. The van der Waals surface area contributed by atoms with E-state index in [1.54, 1.807) is 0 Å². The number of benzene rings is 1. The van der Waals surface area contributed by atoms with Crippen LogP contribution in [0.1, 0.15) is 5.56 Å².